The van der Waals surface area contributed by atoms with Crippen molar-refractivity contribution in [1.29, 1.82) is 0 Å². The van der Waals surface area contributed by atoms with Gasteiger partial charge in [0, 0.05) is 5.56 Å². The zero-order valence-corrected chi connectivity index (χ0v) is 9.89. The normalized spacial score (nSPS) is 13.4. The summed E-state index contributed by atoms with van der Waals surface area (Å²) in [5.74, 6) is 0.971. The molecule has 1 aliphatic rings. The van der Waals surface area contributed by atoms with Crippen molar-refractivity contribution in [3.8, 4) is 5.75 Å². The molecule has 0 aromatic heterocycles. The highest BCUT2D eigenvalue weighted by molar-refractivity contribution is 5.55. The molecule has 2 aromatic rings. The molecule has 0 amide bonds. The molecular formula is C15H15NO. The lowest BCUT2D eigenvalue weighted by Gasteiger charge is -2.19. The molecule has 0 fully saturated rings. The van der Waals surface area contributed by atoms with Gasteiger partial charge in [0.05, 0.1) is 12.2 Å². The first-order chi connectivity index (χ1) is 8.38. The summed E-state index contributed by atoms with van der Waals surface area (Å²) in [4.78, 5) is 5.87. The van der Waals surface area contributed by atoms with Crippen molar-refractivity contribution in [2.75, 3.05) is 5.06 Å². The molecule has 2 heteroatoms. The fraction of sp³-hybridized carbons (Fsp3) is 0.200. The summed E-state index contributed by atoms with van der Waals surface area (Å²) in [5.41, 5.74) is 3.74. The van der Waals surface area contributed by atoms with E-state index in [1.54, 1.807) is 0 Å². The van der Waals surface area contributed by atoms with Crippen LogP contribution in [0.1, 0.15) is 18.1 Å². The van der Waals surface area contributed by atoms with Crippen LogP contribution < -0.4 is 9.90 Å². The average Bonchev–Trinajstić information content (AvgIpc) is 2.82. The van der Waals surface area contributed by atoms with Gasteiger partial charge >= 0.3 is 0 Å². The van der Waals surface area contributed by atoms with Gasteiger partial charge in [-0.2, -0.15) is 0 Å². The van der Waals surface area contributed by atoms with Crippen LogP contribution in [0.5, 0.6) is 5.75 Å². The maximum Gasteiger partial charge on any atom is 0.160 e. The summed E-state index contributed by atoms with van der Waals surface area (Å²) in [6, 6.07) is 16.6. The number of fused-ring (bicyclic) bond motifs is 1. The first-order valence-corrected chi connectivity index (χ1v) is 6.00. The molecule has 0 bridgehead atoms. The molecule has 1 aliphatic heterocycles. The zero-order chi connectivity index (χ0) is 11.7. The molecule has 0 radical (unpaired) electrons. The van der Waals surface area contributed by atoms with Gasteiger partial charge in [-0.3, -0.25) is 0 Å². The van der Waals surface area contributed by atoms with Crippen LogP contribution in [0.4, 0.5) is 5.69 Å². The third-order valence-corrected chi connectivity index (χ3v) is 3.14. The Balaban J connectivity index is 1.94. The minimum absolute atomic E-state index is 0.827. The van der Waals surface area contributed by atoms with Gasteiger partial charge in [-0.05, 0) is 24.1 Å². The highest BCUT2D eigenvalue weighted by Crippen LogP contribution is 2.32. The molecule has 17 heavy (non-hydrogen) atoms. The van der Waals surface area contributed by atoms with Gasteiger partial charge in [-0.15, -0.1) is 0 Å². The van der Waals surface area contributed by atoms with Crippen LogP contribution in [0.3, 0.4) is 0 Å². The summed E-state index contributed by atoms with van der Waals surface area (Å²) in [6.07, 6.45) is 1.02. The van der Waals surface area contributed by atoms with Gasteiger partial charge in [0.1, 0.15) is 0 Å². The Kier molecular flexibility index (Phi) is 2.48. The van der Waals surface area contributed by atoms with Gasteiger partial charge < -0.3 is 4.84 Å². The predicted octanol–water partition coefficient (Wildman–Crippen LogP) is 3.56. The molecule has 2 aromatic carbocycles. The molecule has 0 aliphatic carbocycles. The molecular weight excluding hydrogens is 210 g/mol. The molecule has 0 atom stereocenters. The van der Waals surface area contributed by atoms with Gasteiger partial charge in [-0.25, -0.2) is 5.06 Å². The summed E-state index contributed by atoms with van der Waals surface area (Å²) in [6.45, 7) is 3.00. The van der Waals surface area contributed by atoms with Crippen molar-refractivity contribution in [2.45, 2.75) is 19.9 Å². The lowest BCUT2D eigenvalue weighted by atomic mass is 10.1. The fourth-order valence-electron chi connectivity index (χ4n) is 2.22. The van der Waals surface area contributed by atoms with E-state index >= 15 is 0 Å². The van der Waals surface area contributed by atoms with Crippen LogP contribution in [0.15, 0.2) is 48.5 Å². The van der Waals surface area contributed by atoms with Crippen LogP contribution in [0.25, 0.3) is 0 Å². The Morgan fingerprint density at radius 3 is 2.65 bits per heavy atom. The van der Waals surface area contributed by atoms with E-state index in [1.807, 2.05) is 17.2 Å². The van der Waals surface area contributed by atoms with E-state index in [4.69, 9.17) is 4.84 Å². The van der Waals surface area contributed by atoms with Gasteiger partial charge in [0.25, 0.3) is 0 Å². The summed E-state index contributed by atoms with van der Waals surface area (Å²) >= 11 is 0. The molecule has 2 nitrogen and oxygen atoms in total. The lowest BCUT2D eigenvalue weighted by Crippen LogP contribution is -2.21. The van der Waals surface area contributed by atoms with E-state index in [1.165, 1.54) is 16.8 Å². The van der Waals surface area contributed by atoms with E-state index in [9.17, 15) is 0 Å². The van der Waals surface area contributed by atoms with Gasteiger partial charge in [-0.1, -0.05) is 43.3 Å². The van der Waals surface area contributed by atoms with E-state index in [0.29, 0.717) is 0 Å². The Hall–Kier alpha value is -1.96. The minimum atomic E-state index is 0.827. The third-order valence-electron chi connectivity index (χ3n) is 3.14. The van der Waals surface area contributed by atoms with Crippen molar-refractivity contribution in [3.63, 3.8) is 0 Å². The first kappa shape index (κ1) is 10.2. The smallest absolute Gasteiger partial charge is 0.160 e. The number of para-hydroxylation sites is 2. The number of aryl methyl sites for hydroxylation is 1. The van der Waals surface area contributed by atoms with Gasteiger partial charge in [0.2, 0.25) is 0 Å². The number of hydrogen-bond donors (Lipinski definition) is 0. The molecule has 0 saturated carbocycles. The Morgan fingerprint density at radius 2 is 1.82 bits per heavy atom. The van der Waals surface area contributed by atoms with Crippen molar-refractivity contribution in [2.24, 2.45) is 0 Å². The molecule has 0 unspecified atom stereocenters. The van der Waals surface area contributed by atoms with Crippen LogP contribution in [-0.2, 0) is 13.0 Å². The molecule has 86 valence electrons. The fourth-order valence-corrected chi connectivity index (χ4v) is 2.22. The second kappa shape index (κ2) is 4.13. The Labute approximate surface area is 101 Å². The van der Waals surface area contributed by atoms with Crippen molar-refractivity contribution < 1.29 is 4.84 Å². The molecule has 0 N–H and O–H groups in total. The second-order valence-electron chi connectivity index (χ2n) is 4.22. The topological polar surface area (TPSA) is 12.5 Å². The quantitative estimate of drug-likeness (QED) is 0.774. The third kappa shape index (κ3) is 1.76. The monoisotopic (exact) mass is 225 g/mol. The predicted molar refractivity (Wildman–Crippen MR) is 69.1 cm³/mol. The van der Waals surface area contributed by atoms with Crippen LogP contribution in [0.2, 0.25) is 0 Å². The van der Waals surface area contributed by atoms with Crippen LogP contribution in [0, 0.1) is 0 Å². The first-order valence-electron chi connectivity index (χ1n) is 6.00. The largest absolute Gasteiger partial charge is 0.379 e. The minimum Gasteiger partial charge on any atom is -0.379 e. The summed E-state index contributed by atoms with van der Waals surface area (Å²) in [5, 5.41) is 1.98. The summed E-state index contributed by atoms with van der Waals surface area (Å²) < 4.78 is 0. The maximum absolute atomic E-state index is 5.87. The molecule has 0 spiro atoms. The second-order valence-corrected chi connectivity index (χ2v) is 4.22. The van der Waals surface area contributed by atoms with E-state index in [-0.39, 0.29) is 0 Å². The number of rotatable bonds is 2. The molecule has 3 rings (SSSR count). The maximum atomic E-state index is 5.87. The average molecular weight is 225 g/mol. The van der Waals surface area contributed by atoms with E-state index < -0.39 is 0 Å². The standard InChI is InChI=1S/C15H15NO/c1-2-12-7-3-5-9-14(12)16-11-13-8-4-6-10-15(13)17-16/h3-10H,2,11H2,1H3. The number of anilines is 1. The van der Waals surface area contributed by atoms with Gasteiger partial charge in [0.15, 0.2) is 5.75 Å². The van der Waals surface area contributed by atoms with E-state index in [2.05, 4.69) is 43.3 Å². The number of hydrogen-bond acceptors (Lipinski definition) is 2. The lowest BCUT2D eigenvalue weighted by molar-refractivity contribution is 0.307. The zero-order valence-electron chi connectivity index (χ0n) is 9.89. The van der Waals surface area contributed by atoms with Crippen LogP contribution in [-0.4, -0.2) is 0 Å². The highest BCUT2D eigenvalue weighted by atomic mass is 16.7. The van der Waals surface area contributed by atoms with Crippen molar-refractivity contribution in [3.05, 3.63) is 59.7 Å². The van der Waals surface area contributed by atoms with E-state index in [0.717, 1.165) is 18.7 Å². The highest BCUT2D eigenvalue weighted by Gasteiger charge is 2.21. The number of hydroxylamine groups is 1. The Bertz CT molecular complexity index is 511. The van der Waals surface area contributed by atoms with Crippen molar-refractivity contribution >= 4 is 5.69 Å². The van der Waals surface area contributed by atoms with Crippen molar-refractivity contribution in [1.82, 2.24) is 0 Å². The molecule has 0 saturated heterocycles. The summed E-state index contributed by atoms with van der Waals surface area (Å²) in [7, 11) is 0. The number of nitrogens with zero attached hydrogens (tertiary/aromatic N) is 1. The Morgan fingerprint density at radius 1 is 1.06 bits per heavy atom. The SMILES string of the molecule is CCc1ccccc1N1Cc2ccccc2O1. The van der Waals surface area contributed by atoms with Crippen LogP contribution >= 0.6 is 0 Å². The number of benzene rings is 2. The molecule has 1 heterocycles.